The topological polar surface area (TPSA) is 50.7 Å². The van der Waals surface area contributed by atoms with Crippen molar-refractivity contribution in [2.24, 2.45) is 0 Å². The quantitative estimate of drug-likeness (QED) is 0.849. The second kappa shape index (κ2) is 6.82. The van der Waals surface area contributed by atoms with Gasteiger partial charge in [0.2, 0.25) is 0 Å². The van der Waals surface area contributed by atoms with E-state index in [0.29, 0.717) is 6.54 Å². The van der Waals surface area contributed by atoms with Crippen LogP contribution >= 0.6 is 0 Å². The van der Waals surface area contributed by atoms with Crippen molar-refractivity contribution in [2.45, 2.75) is 6.10 Å². The highest BCUT2D eigenvalue weighted by Crippen LogP contribution is 2.21. The van der Waals surface area contributed by atoms with Crippen LogP contribution in [0.1, 0.15) is 11.7 Å². The molecule has 0 radical (unpaired) electrons. The molecule has 0 bridgehead atoms. The standard InChI is InChI=1S/C16H19NO3/c1-19-14-7-3-5-12(9-14)16(18)11-17-13-6-4-8-15(10-13)20-2/h3-10,16-18H,11H2,1-2H3. The molecule has 1 atom stereocenters. The fourth-order valence-corrected chi connectivity index (χ4v) is 1.91. The maximum atomic E-state index is 10.2. The maximum absolute atomic E-state index is 10.2. The lowest BCUT2D eigenvalue weighted by Gasteiger charge is -2.14. The summed E-state index contributed by atoms with van der Waals surface area (Å²) in [6, 6.07) is 15.0. The fraction of sp³-hybridized carbons (Fsp3) is 0.250. The summed E-state index contributed by atoms with van der Waals surface area (Å²) >= 11 is 0. The molecule has 4 heteroatoms. The number of nitrogens with one attached hydrogen (secondary N) is 1. The second-order valence-corrected chi connectivity index (χ2v) is 4.41. The number of hydrogen-bond donors (Lipinski definition) is 2. The zero-order chi connectivity index (χ0) is 14.4. The molecule has 0 amide bonds. The normalized spacial score (nSPS) is 11.8. The molecule has 0 aliphatic carbocycles. The zero-order valence-corrected chi connectivity index (χ0v) is 11.7. The summed E-state index contributed by atoms with van der Waals surface area (Å²) in [6.07, 6.45) is -0.601. The molecule has 0 aliphatic heterocycles. The van der Waals surface area contributed by atoms with Crippen molar-refractivity contribution in [3.05, 3.63) is 54.1 Å². The lowest BCUT2D eigenvalue weighted by molar-refractivity contribution is 0.191. The number of methoxy groups -OCH3 is 2. The van der Waals surface area contributed by atoms with Crippen LogP contribution in [0.4, 0.5) is 5.69 Å². The monoisotopic (exact) mass is 273 g/mol. The van der Waals surface area contributed by atoms with Crippen LogP contribution in [0.3, 0.4) is 0 Å². The van der Waals surface area contributed by atoms with Gasteiger partial charge in [-0.3, -0.25) is 0 Å². The Balaban J connectivity index is 1.98. The summed E-state index contributed by atoms with van der Waals surface area (Å²) < 4.78 is 10.3. The molecule has 0 fully saturated rings. The van der Waals surface area contributed by atoms with Gasteiger partial charge in [0.05, 0.1) is 20.3 Å². The lowest BCUT2D eigenvalue weighted by Crippen LogP contribution is -2.12. The fourth-order valence-electron chi connectivity index (χ4n) is 1.91. The summed E-state index contributed by atoms with van der Waals surface area (Å²) in [4.78, 5) is 0. The largest absolute Gasteiger partial charge is 0.497 e. The van der Waals surface area contributed by atoms with Crippen molar-refractivity contribution >= 4 is 5.69 Å². The number of rotatable bonds is 6. The van der Waals surface area contributed by atoms with Crippen LogP contribution in [0.25, 0.3) is 0 Å². The van der Waals surface area contributed by atoms with E-state index in [1.807, 2.05) is 48.5 Å². The van der Waals surface area contributed by atoms with E-state index in [-0.39, 0.29) is 0 Å². The first-order chi connectivity index (χ1) is 9.72. The molecule has 20 heavy (non-hydrogen) atoms. The first-order valence-corrected chi connectivity index (χ1v) is 6.43. The predicted octanol–water partition coefficient (Wildman–Crippen LogP) is 2.85. The Morgan fingerprint density at radius 1 is 1.00 bits per heavy atom. The van der Waals surface area contributed by atoms with Gasteiger partial charge >= 0.3 is 0 Å². The molecular formula is C16H19NO3. The molecule has 0 heterocycles. The van der Waals surface area contributed by atoms with Crippen molar-refractivity contribution in [1.29, 1.82) is 0 Å². The van der Waals surface area contributed by atoms with Crippen molar-refractivity contribution in [2.75, 3.05) is 26.1 Å². The van der Waals surface area contributed by atoms with Crippen molar-refractivity contribution in [1.82, 2.24) is 0 Å². The zero-order valence-electron chi connectivity index (χ0n) is 11.7. The Morgan fingerprint density at radius 2 is 1.65 bits per heavy atom. The Hall–Kier alpha value is -2.20. The van der Waals surface area contributed by atoms with E-state index in [1.165, 1.54) is 0 Å². The minimum Gasteiger partial charge on any atom is -0.497 e. The number of hydrogen-bond acceptors (Lipinski definition) is 4. The smallest absolute Gasteiger partial charge is 0.120 e. The van der Waals surface area contributed by atoms with Crippen LogP contribution in [-0.2, 0) is 0 Å². The van der Waals surface area contributed by atoms with Gasteiger partial charge in [0.1, 0.15) is 11.5 Å². The summed E-state index contributed by atoms with van der Waals surface area (Å²) in [6.45, 7) is 0.417. The van der Waals surface area contributed by atoms with Crippen LogP contribution in [-0.4, -0.2) is 25.9 Å². The third-order valence-corrected chi connectivity index (χ3v) is 3.05. The number of anilines is 1. The van der Waals surface area contributed by atoms with E-state index >= 15 is 0 Å². The van der Waals surface area contributed by atoms with Gasteiger partial charge in [0, 0.05) is 18.3 Å². The summed E-state index contributed by atoms with van der Waals surface area (Å²) in [5, 5.41) is 13.4. The van der Waals surface area contributed by atoms with Gasteiger partial charge in [-0.25, -0.2) is 0 Å². The van der Waals surface area contributed by atoms with Crippen LogP contribution in [0.15, 0.2) is 48.5 Å². The van der Waals surface area contributed by atoms with Crippen molar-refractivity contribution < 1.29 is 14.6 Å². The highest BCUT2D eigenvalue weighted by molar-refractivity contribution is 5.48. The second-order valence-electron chi connectivity index (χ2n) is 4.41. The Labute approximate surface area is 119 Å². The van der Waals surface area contributed by atoms with Crippen LogP contribution in [0, 0.1) is 0 Å². The molecule has 0 saturated heterocycles. The average Bonchev–Trinajstić information content (AvgIpc) is 2.52. The number of ether oxygens (including phenoxy) is 2. The third kappa shape index (κ3) is 3.65. The van der Waals surface area contributed by atoms with E-state index in [4.69, 9.17) is 9.47 Å². The van der Waals surface area contributed by atoms with Gasteiger partial charge in [-0.1, -0.05) is 18.2 Å². The van der Waals surface area contributed by atoms with E-state index in [1.54, 1.807) is 14.2 Å². The van der Waals surface area contributed by atoms with E-state index < -0.39 is 6.10 Å². The van der Waals surface area contributed by atoms with Gasteiger partial charge < -0.3 is 19.9 Å². The Kier molecular flexibility index (Phi) is 4.85. The molecule has 2 aromatic carbocycles. The molecule has 0 aliphatic rings. The first-order valence-electron chi connectivity index (χ1n) is 6.43. The molecule has 106 valence electrons. The summed E-state index contributed by atoms with van der Waals surface area (Å²) in [5.41, 5.74) is 1.73. The minimum atomic E-state index is -0.601. The van der Waals surface area contributed by atoms with Gasteiger partial charge in [0.25, 0.3) is 0 Å². The molecule has 0 aromatic heterocycles. The molecule has 0 saturated carbocycles. The van der Waals surface area contributed by atoms with E-state index in [9.17, 15) is 5.11 Å². The maximum Gasteiger partial charge on any atom is 0.120 e. The molecule has 2 aromatic rings. The molecule has 0 spiro atoms. The van der Waals surface area contributed by atoms with E-state index in [2.05, 4.69) is 5.32 Å². The highest BCUT2D eigenvalue weighted by Gasteiger charge is 2.08. The van der Waals surface area contributed by atoms with Gasteiger partial charge in [-0.15, -0.1) is 0 Å². The van der Waals surface area contributed by atoms with Crippen LogP contribution in [0.5, 0.6) is 11.5 Å². The molecule has 2 rings (SSSR count). The van der Waals surface area contributed by atoms with Gasteiger partial charge in [-0.2, -0.15) is 0 Å². The lowest BCUT2D eigenvalue weighted by atomic mass is 10.1. The number of aliphatic hydroxyl groups is 1. The van der Waals surface area contributed by atoms with Crippen molar-refractivity contribution in [3.8, 4) is 11.5 Å². The van der Waals surface area contributed by atoms with Crippen LogP contribution < -0.4 is 14.8 Å². The van der Waals surface area contributed by atoms with Crippen molar-refractivity contribution in [3.63, 3.8) is 0 Å². The first kappa shape index (κ1) is 14.2. The molecule has 2 N–H and O–H groups in total. The Morgan fingerprint density at radius 3 is 2.35 bits per heavy atom. The summed E-state index contributed by atoms with van der Waals surface area (Å²) in [7, 11) is 3.24. The number of aliphatic hydroxyl groups excluding tert-OH is 1. The Bertz CT molecular complexity index is 557. The highest BCUT2D eigenvalue weighted by atomic mass is 16.5. The van der Waals surface area contributed by atoms with E-state index in [0.717, 1.165) is 22.7 Å². The summed E-state index contributed by atoms with van der Waals surface area (Å²) in [5.74, 6) is 1.52. The molecule has 1 unspecified atom stereocenters. The average molecular weight is 273 g/mol. The van der Waals surface area contributed by atoms with Gasteiger partial charge in [-0.05, 0) is 29.8 Å². The minimum absolute atomic E-state index is 0.417. The predicted molar refractivity (Wildman–Crippen MR) is 79.4 cm³/mol. The third-order valence-electron chi connectivity index (χ3n) is 3.05. The number of benzene rings is 2. The molecular weight excluding hydrogens is 254 g/mol. The molecule has 4 nitrogen and oxygen atoms in total. The van der Waals surface area contributed by atoms with Crippen LogP contribution in [0.2, 0.25) is 0 Å². The SMILES string of the molecule is COc1cccc(NCC(O)c2cccc(OC)c2)c1. The van der Waals surface area contributed by atoms with Gasteiger partial charge in [0.15, 0.2) is 0 Å².